The number of hydrogen-bond acceptors (Lipinski definition) is 5. The Bertz CT molecular complexity index is 386. The third-order valence-corrected chi connectivity index (χ3v) is 6.08. The Labute approximate surface area is 128 Å². The Balaban J connectivity index is 2.45. The Hall–Kier alpha value is -1.08. The summed E-state index contributed by atoms with van der Waals surface area (Å²) in [5, 5.41) is 12.7. The predicted molar refractivity (Wildman–Crippen MR) is 86.7 cm³/mol. The predicted octanol–water partition coefficient (Wildman–Crippen LogP) is 3.24. The first-order chi connectivity index (χ1) is 10.2. The van der Waals surface area contributed by atoms with E-state index in [9.17, 15) is 5.11 Å². The summed E-state index contributed by atoms with van der Waals surface area (Å²) in [6.07, 6.45) is 0.891. The van der Waals surface area contributed by atoms with Crippen molar-refractivity contribution in [1.29, 1.82) is 0 Å². The number of nitrogens with one attached hydrogen (secondary N) is 1. The average Bonchev–Trinajstić information content (AvgIpc) is 2.45. The van der Waals surface area contributed by atoms with Gasteiger partial charge in [-0.3, -0.25) is 0 Å². The van der Waals surface area contributed by atoms with Crippen molar-refractivity contribution in [2.75, 3.05) is 31.7 Å². The van der Waals surface area contributed by atoms with Gasteiger partial charge in [0.25, 0.3) is 0 Å². The SMILES string of the molecule is CCO[Si](CCCNc1cccc(O)c1)(OCC)OCC. The summed E-state index contributed by atoms with van der Waals surface area (Å²) in [6.45, 7) is 8.48. The van der Waals surface area contributed by atoms with E-state index >= 15 is 0 Å². The molecule has 6 heteroatoms. The molecule has 21 heavy (non-hydrogen) atoms. The molecule has 120 valence electrons. The number of aromatic hydroxyl groups is 1. The summed E-state index contributed by atoms with van der Waals surface area (Å²) in [5.74, 6) is 0.265. The first-order valence-corrected chi connectivity index (χ1v) is 9.53. The fourth-order valence-electron chi connectivity index (χ4n) is 2.15. The highest BCUT2D eigenvalue weighted by atomic mass is 28.4. The molecule has 0 aliphatic heterocycles. The van der Waals surface area contributed by atoms with Crippen LogP contribution in [0, 0.1) is 0 Å². The van der Waals surface area contributed by atoms with Gasteiger partial charge < -0.3 is 23.7 Å². The van der Waals surface area contributed by atoms with Crippen molar-refractivity contribution in [1.82, 2.24) is 0 Å². The summed E-state index contributed by atoms with van der Waals surface area (Å²) in [6, 6.07) is 7.89. The molecule has 5 nitrogen and oxygen atoms in total. The highest BCUT2D eigenvalue weighted by molar-refractivity contribution is 6.60. The zero-order valence-electron chi connectivity index (χ0n) is 13.2. The molecule has 0 fully saturated rings. The molecule has 0 aromatic heterocycles. The average molecular weight is 313 g/mol. The molecule has 0 saturated carbocycles. The van der Waals surface area contributed by atoms with Gasteiger partial charge in [-0.2, -0.15) is 0 Å². The zero-order chi connectivity index (χ0) is 15.6. The highest BCUT2D eigenvalue weighted by Gasteiger charge is 2.39. The van der Waals surface area contributed by atoms with Crippen LogP contribution in [0.1, 0.15) is 27.2 Å². The molecule has 0 bridgehead atoms. The fraction of sp³-hybridized carbons (Fsp3) is 0.600. The minimum Gasteiger partial charge on any atom is -0.508 e. The van der Waals surface area contributed by atoms with Crippen LogP contribution in [0.15, 0.2) is 24.3 Å². The van der Waals surface area contributed by atoms with Gasteiger partial charge in [-0.05, 0) is 39.3 Å². The van der Waals surface area contributed by atoms with E-state index < -0.39 is 8.80 Å². The summed E-state index contributed by atoms with van der Waals surface area (Å²) in [7, 11) is -2.53. The third kappa shape index (κ3) is 6.47. The van der Waals surface area contributed by atoms with Crippen molar-refractivity contribution in [3.8, 4) is 5.75 Å². The van der Waals surface area contributed by atoms with Gasteiger partial charge in [-0.1, -0.05) is 6.07 Å². The zero-order valence-corrected chi connectivity index (χ0v) is 14.2. The van der Waals surface area contributed by atoms with E-state index in [0.29, 0.717) is 19.8 Å². The number of hydrogen-bond donors (Lipinski definition) is 2. The maximum absolute atomic E-state index is 9.42. The van der Waals surface area contributed by atoms with Crippen LogP contribution in [-0.4, -0.2) is 40.3 Å². The Morgan fingerprint density at radius 1 is 1.05 bits per heavy atom. The lowest BCUT2D eigenvalue weighted by Crippen LogP contribution is -2.46. The molecule has 2 N–H and O–H groups in total. The van der Waals surface area contributed by atoms with Crippen molar-refractivity contribution >= 4 is 14.5 Å². The molecule has 0 aliphatic rings. The molecule has 0 radical (unpaired) electrons. The van der Waals surface area contributed by atoms with E-state index in [0.717, 1.165) is 24.7 Å². The second kappa shape index (κ2) is 9.78. The molecule has 1 aromatic rings. The molecular formula is C15H27NO4Si. The summed E-state index contributed by atoms with van der Waals surface area (Å²) >= 11 is 0. The highest BCUT2D eigenvalue weighted by Crippen LogP contribution is 2.19. The van der Waals surface area contributed by atoms with E-state index in [4.69, 9.17) is 13.3 Å². The van der Waals surface area contributed by atoms with Gasteiger partial charge in [-0.25, -0.2) is 0 Å². The van der Waals surface area contributed by atoms with Crippen LogP contribution in [-0.2, 0) is 13.3 Å². The molecule has 0 unspecified atom stereocenters. The first kappa shape index (κ1) is 18.0. The lowest BCUT2D eigenvalue weighted by molar-refractivity contribution is 0.0710. The van der Waals surface area contributed by atoms with E-state index in [-0.39, 0.29) is 5.75 Å². The van der Waals surface area contributed by atoms with Crippen LogP contribution < -0.4 is 5.32 Å². The fourth-order valence-corrected chi connectivity index (χ4v) is 4.77. The van der Waals surface area contributed by atoms with Crippen LogP contribution >= 0.6 is 0 Å². The molecule has 0 aliphatic carbocycles. The molecule has 0 saturated heterocycles. The summed E-state index contributed by atoms with van der Waals surface area (Å²) in [4.78, 5) is 0. The molecular weight excluding hydrogens is 286 g/mol. The van der Waals surface area contributed by atoms with E-state index in [1.807, 2.05) is 32.9 Å². The Morgan fingerprint density at radius 2 is 1.67 bits per heavy atom. The Morgan fingerprint density at radius 3 is 2.19 bits per heavy atom. The van der Waals surface area contributed by atoms with E-state index in [1.165, 1.54) is 0 Å². The lowest BCUT2D eigenvalue weighted by Gasteiger charge is -2.28. The third-order valence-electron chi connectivity index (χ3n) is 2.93. The van der Waals surface area contributed by atoms with Gasteiger partial charge in [0, 0.05) is 44.2 Å². The number of phenolic OH excluding ortho intramolecular Hbond substituents is 1. The maximum Gasteiger partial charge on any atom is 0.500 e. The van der Waals surface area contributed by atoms with Gasteiger partial charge in [-0.15, -0.1) is 0 Å². The molecule has 1 aromatic carbocycles. The Kier molecular flexibility index (Phi) is 8.37. The first-order valence-electron chi connectivity index (χ1n) is 7.60. The van der Waals surface area contributed by atoms with Crippen molar-refractivity contribution in [3.05, 3.63) is 24.3 Å². The molecule has 1 rings (SSSR count). The van der Waals surface area contributed by atoms with Gasteiger partial charge >= 0.3 is 8.80 Å². The van der Waals surface area contributed by atoms with Crippen LogP contribution in [0.3, 0.4) is 0 Å². The van der Waals surface area contributed by atoms with Crippen molar-refractivity contribution < 1.29 is 18.4 Å². The lowest BCUT2D eigenvalue weighted by atomic mass is 10.3. The van der Waals surface area contributed by atoms with Gasteiger partial charge in [0.15, 0.2) is 0 Å². The summed E-state index contributed by atoms with van der Waals surface area (Å²) in [5.41, 5.74) is 0.909. The normalized spacial score (nSPS) is 11.6. The smallest absolute Gasteiger partial charge is 0.500 e. The molecule has 0 spiro atoms. The van der Waals surface area contributed by atoms with Gasteiger partial charge in [0.05, 0.1) is 0 Å². The number of rotatable bonds is 11. The number of benzene rings is 1. The monoisotopic (exact) mass is 313 g/mol. The van der Waals surface area contributed by atoms with Crippen molar-refractivity contribution in [2.24, 2.45) is 0 Å². The van der Waals surface area contributed by atoms with Crippen LogP contribution in [0.25, 0.3) is 0 Å². The second-order valence-corrected chi connectivity index (χ2v) is 7.29. The minimum absolute atomic E-state index is 0.265. The number of phenols is 1. The number of anilines is 1. The topological polar surface area (TPSA) is 60.0 Å². The standard InChI is InChI=1S/C15H27NO4Si/c1-4-18-21(19-5-2,20-6-3)12-8-11-16-14-9-7-10-15(17)13-14/h7,9-10,13,16-17H,4-6,8,11-12H2,1-3H3. The van der Waals surface area contributed by atoms with Crippen LogP contribution in [0.2, 0.25) is 6.04 Å². The minimum atomic E-state index is -2.53. The summed E-state index contributed by atoms with van der Waals surface area (Å²) < 4.78 is 17.4. The van der Waals surface area contributed by atoms with Crippen LogP contribution in [0.5, 0.6) is 5.75 Å². The second-order valence-electron chi connectivity index (χ2n) is 4.56. The molecule has 0 amide bonds. The quantitative estimate of drug-likeness (QED) is 0.485. The van der Waals surface area contributed by atoms with E-state index in [2.05, 4.69) is 5.32 Å². The maximum atomic E-state index is 9.42. The van der Waals surface area contributed by atoms with Gasteiger partial charge in [0.2, 0.25) is 0 Å². The van der Waals surface area contributed by atoms with Crippen molar-refractivity contribution in [2.45, 2.75) is 33.2 Å². The van der Waals surface area contributed by atoms with Crippen LogP contribution in [0.4, 0.5) is 5.69 Å². The van der Waals surface area contributed by atoms with E-state index in [1.54, 1.807) is 12.1 Å². The molecule has 0 heterocycles. The largest absolute Gasteiger partial charge is 0.508 e. The molecule has 0 atom stereocenters. The van der Waals surface area contributed by atoms with Crippen molar-refractivity contribution in [3.63, 3.8) is 0 Å². The van der Waals surface area contributed by atoms with Gasteiger partial charge in [0.1, 0.15) is 5.75 Å².